The SMILES string of the molecule is CNCc1nc(-c2cccc(Cl)c2)c(C)s1. The van der Waals surface area contributed by atoms with E-state index in [1.54, 1.807) is 11.3 Å². The van der Waals surface area contributed by atoms with Gasteiger partial charge in [-0.2, -0.15) is 0 Å². The molecular weight excluding hydrogens is 240 g/mol. The standard InChI is InChI=1S/C12H13ClN2S/c1-8-12(15-11(16-8)7-14-2)9-4-3-5-10(13)6-9/h3-6,14H,7H2,1-2H3. The number of hydrogen-bond acceptors (Lipinski definition) is 3. The monoisotopic (exact) mass is 252 g/mol. The van der Waals surface area contributed by atoms with Crippen molar-refractivity contribution in [1.82, 2.24) is 10.3 Å². The van der Waals surface area contributed by atoms with Crippen molar-refractivity contribution in [1.29, 1.82) is 0 Å². The van der Waals surface area contributed by atoms with E-state index in [2.05, 4.69) is 17.2 Å². The molecule has 0 atom stereocenters. The molecular formula is C12H13ClN2S. The molecule has 1 heterocycles. The number of benzene rings is 1. The van der Waals surface area contributed by atoms with Crippen molar-refractivity contribution >= 4 is 22.9 Å². The lowest BCUT2D eigenvalue weighted by atomic mass is 10.1. The van der Waals surface area contributed by atoms with Gasteiger partial charge in [0.25, 0.3) is 0 Å². The average molecular weight is 253 g/mol. The van der Waals surface area contributed by atoms with Crippen molar-refractivity contribution in [2.45, 2.75) is 13.5 Å². The summed E-state index contributed by atoms with van der Waals surface area (Å²) in [5.74, 6) is 0. The van der Waals surface area contributed by atoms with E-state index in [1.165, 1.54) is 4.88 Å². The van der Waals surface area contributed by atoms with E-state index in [1.807, 2.05) is 31.3 Å². The van der Waals surface area contributed by atoms with Crippen LogP contribution in [0.4, 0.5) is 0 Å². The first-order valence-corrected chi connectivity index (χ1v) is 6.27. The van der Waals surface area contributed by atoms with Gasteiger partial charge in [-0.25, -0.2) is 4.98 Å². The Labute approximate surface area is 104 Å². The number of nitrogens with zero attached hydrogens (tertiary/aromatic N) is 1. The first kappa shape index (κ1) is 11.6. The van der Waals surface area contributed by atoms with Crippen LogP contribution in [-0.4, -0.2) is 12.0 Å². The van der Waals surface area contributed by atoms with Gasteiger partial charge in [0.05, 0.1) is 5.69 Å². The number of hydrogen-bond donors (Lipinski definition) is 1. The van der Waals surface area contributed by atoms with E-state index in [4.69, 9.17) is 11.6 Å². The minimum Gasteiger partial charge on any atom is -0.314 e. The second-order valence-corrected chi connectivity index (χ2v) is 5.28. The maximum absolute atomic E-state index is 5.98. The molecule has 0 aliphatic heterocycles. The van der Waals surface area contributed by atoms with Crippen molar-refractivity contribution < 1.29 is 0 Å². The van der Waals surface area contributed by atoms with E-state index in [9.17, 15) is 0 Å². The van der Waals surface area contributed by atoms with Gasteiger partial charge in [0.15, 0.2) is 0 Å². The topological polar surface area (TPSA) is 24.9 Å². The highest BCUT2D eigenvalue weighted by Gasteiger charge is 2.09. The second kappa shape index (κ2) is 4.95. The molecule has 0 spiro atoms. The van der Waals surface area contributed by atoms with Crippen LogP contribution in [0.3, 0.4) is 0 Å². The largest absolute Gasteiger partial charge is 0.314 e. The highest BCUT2D eigenvalue weighted by Crippen LogP contribution is 2.28. The van der Waals surface area contributed by atoms with Gasteiger partial charge >= 0.3 is 0 Å². The molecule has 0 fully saturated rings. The Morgan fingerprint density at radius 2 is 2.25 bits per heavy atom. The molecule has 0 aliphatic carbocycles. The Bertz CT molecular complexity index is 494. The van der Waals surface area contributed by atoms with Crippen LogP contribution in [0.5, 0.6) is 0 Å². The molecule has 0 unspecified atom stereocenters. The summed E-state index contributed by atoms with van der Waals surface area (Å²) in [5.41, 5.74) is 2.13. The van der Waals surface area contributed by atoms with Gasteiger partial charge in [-0.05, 0) is 26.1 Å². The summed E-state index contributed by atoms with van der Waals surface area (Å²) < 4.78 is 0. The Morgan fingerprint density at radius 3 is 2.94 bits per heavy atom. The number of thiazole rings is 1. The molecule has 1 aromatic carbocycles. The Kier molecular flexibility index (Phi) is 3.59. The summed E-state index contributed by atoms with van der Waals surface area (Å²) in [4.78, 5) is 5.84. The summed E-state index contributed by atoms with van der Waals surface area (Å²) in [6.45, 7) is 2.90. The van der Waals surface area contributed by atoms with Gasteiger partial charge in [-0.3, -0.25) is 0 Å². The molecule has 1 aromatic heterocycles. The molecule has 2 rings (SSSR count). The zero-order valence-electron chi connectivity index (χ0n) is 9.25. The zero-order chi connectivity index (χ0) is 11.5. The van der Waals surface area contributed by atoms with Crippen LogP contribution in [0, 0.1) is 6.92 Å². The molecule has 0 saturated heterocycles. The van der Waals surface area contributed by atoms with E-state index >= 15 is 0 Å². The first-order valence-electron chi connectivity index (χ1n) is 5.07. The summed E-state index contributed by atoms with van der Waals surface area (Å²) in [5, 5.41) is 4.97. The highest BCUT2D eigenvalue weighted by molar-refractivity contribution is 7.12. The molecule has 84 valence electrons. The van der Waals surface area contributed by atoms with Crippen molar-refractivity contribution in [3.05, 3.63) is 39.2 Å². The minimum atomic E-state index is 0.750. The van der Waals surface area contributed by atoms with Crippen LogP contribution >= 0.6 is 22.9 Å². The van der Waals surface area contributed by atoms with Crippen LogP contribution in [0.1, 0.15) is 9.88 Å². The van der Waals surface area contributed by atoms with Gasteiger partial charge in [-0.15, -0.1) is 11.3 Å². The molecule has 16 heavy (non-hydrogen) atoms. The summed E-state index contributed by atoms with van der Waals surface area (Å²) in [7, 11) is 1.93. The van der Waals surface area contributed by atoms with Gasteiger partial charge in [0, 0.05) is 22.0 Å². The van der Waals surface area contributed by atoms with Crippen molar-refractivity contribution in [2.24, 2.45) is 0 Å². The van der Waals surface area contributed by atoms with Crippen LogP contribution < -0.4 is 5.32 Å². The molecule has 2 nitrogen and oxygen atoms in total. The minimum absolute atomic E-state index is 0.750. The Hall–Kier alpha value is -0.900. The fraction of sp³-hybridized carbons (Fsp3) is 0.250. The first-order chi connectivity index (χ1) is 7.70. The van der Waals surface area contributed by atoms with Crippen LogP contribution in [0.2, 0.25) is 5.02 Å². The molecule has 1 N–H and O–H groups in total. The molecule has 0 bridgehead atoms. The average Bonchev–Trinajstić information content (AvgIpc) is 2.60. The Balaban J connectivity index is 2.40. The molecule has 0 amide bonds. The van der Waals surface area contributed by atoms with Gasteiger partial charge < -0.3 is 5.32 Å². The number of aromatic nitrogens is 1. The van der Waals surface area contributed by atoms with E-state index in [0.29, 0.717) is 0 Å². The third kappa shape index (κ3) is 2.43. The summed E-state index contributed by atoms with van der Waals surface area (Å²) in [6.07, 6.45) is 0. The molecule has 0 saturated carbocycles. The van der Waals surface area contributed by atoms with Crippen molar-refractivity contribution in [3.63, 3.8) is 0 Å². The predicted octanol–water partition coefficient (Wildman–Crippen LogP) is 3.49. The van der Waals surface area contributed by atoms with Gasteiger partial charge in [0.2, 0.25) is 0 Å². The number of halogens is 1. The summed E-state index contributed by atoms with van der Waals surface area (Å²) in [6, 6.07) is 7.82. The lowest BCUT2D eigenvalue weighted by Gasteiger charge is -1.98. The fourth-order valence-corrected chi connectivity index (χ4v) is 2.74. The van der Waals surface area contributed by atoms with Crippen LogP contribution in [-0.2, 0) is 6.54 Å². The predicted molar refractivity (Wildman–Crippen MR) is 70.1 cm³/mol. The number of rotatable bonds is 3. The van der Waals surface area contributed by atoms with Crippen molar-refractivity contribution in [3.8, 4) is 11.3 Å². The smallest absolute Gasteiger partial charge is 0.107 e. The van der Waals surface area contributed by atoms with E-state index in [-0.39, 0.29) is 0 Å². The zero-order valence-corrected chi connectivity index (χ0v) is 10.8. The lowest BCUT2D eigenvalue weighted by molar-refractivity contribution is 0.811. The molecule has 2 aromatic rings. The normalized spacial score (nSPS) is 10.7. The van der Waals surface area contributed by atoms with E-state index in [0.717, 1.165) is 27.8 Å². The van der Waals surface area contributed by atoms with Gasteiger partial charge in [0.1, 0.15) is 5.01 Å². The summed E-state index contributed by atoms with van der Waals surface area (Å²) >= 11 is 7.70. The lowest BCUT2D eigenvalue weighted by Crippen LogP contribution is -2.04. The van der Waals surface area contributed by atoms with Crippen molar-refractivity contribution in [2.75, 3.05) is 7.05 Å². The molecule has 0 radical (unpaired) electrons. The molecule has 0 aliphatic rings. The number of nitrogens with one attached hydrogen (secondary N) is 1. The third-order valence-electron chi connectivity index (χ3n) is 2.27. The quantitative estimate of drug-likeness (QED) is 0.905. The van der Waals surface area contributed by atoms with E-state index < -0.39 is 0 Å². The number of aryl methyl sites for hydroxylation is 1. The fourth-order valence-electron chi connectivity index (χ4n) is 1.58. The second-order valence-electron chi connectivity index (χ2n) is 3.55. The maximum atomic E-state index is 5.98. The molecule has 4 heteroatoms. The highest BCUT2D eigenvalue weighted by atomic mass is 35.5. The van der Waals surface area contributed by atoms with Crippen LogP contribution in [0.15, 0.2) is 24.3 Å². The Morgan fingerprint density at radius 1 is 1.44 bits per heavy atom. The van der Waals surface area contributed by atoms with Gasteiger partial charge in [-0.1, -0.05) is 23.7 Å². The maximum Gasteiger partial charge on any atom is 0.107 e. The third-order valence-corrected chi connectivity index (χ3v) is 3.47. The van der Waals surface area contributed by atoms with Crippen LogP contribution in [0.25, 0.3) is 11.3 Å².